The van der Waals surface area contributed by atoms with Crippen LogP contribution in [0.25, 0.3) is 10.9 Å². The molecule has 1 aromatic carbocycles. The highest BCUT2D eigenvalue weighted by molar-refractivity contribution is 9.10. The molecule has 1 aliphatic heterocycles. The highest BCUT2D eigenvalue weighted by Crippen LogP contribution is 2.34. The molecule has 7 heteroatoms. The van der Waals surface area contributed by atoms with Crippen molar-refractivity contribution in [2.24, 2.45) is 0 Å². The predicted octanol–water partition coefficient (Wildman–Crippen LogP) is 4.48. The minimum atomic E-state index is -0.437. The number of β-amino-alcohol motifs (C(OH)–C–C–N with tert-alkyl or cyclic N) is 1. The Morgan fingerprint density at radius 1 is 1.39 bits per heavy atom. The van der Waals surface area contributed by atoms with Crippen LogP contribution < -0.4 is 4.90 Å². The Balaban J connectivity index is 0.000000924. The number of aliphatic hydroxyl groups is 1. The zero-order valence-corrected chi connectivity index (χ0v) is 15.7. The SMILES string of the molecule is CC.Cc1cc2c(N3CCCC(O)C3)nc(Cl)nc2c(F)c1Br. The summed E-state index contributed by atoms with van der Waals surface area (Å²) in [5.41, 5.74) is 0.965. The van der Waals surface area contributed by atoms with Gasteiger partial charge in [-0.25, -0.2) is 9.37 Å². The number of anilines is 1. The molecule has 0 bridgehead atoms. The van der Waals surface area contributed by atoms with Gasteiger partial charge in [0.05, 0.1) is 10.6 Å². The van der Waals surface area contributed by atoms with E-state index in [1.165, 1.54) is 0 Å². The smallest absolute Gasteiger partial charge is 0.225 e. The molecule has 2 heterocycles. The molecule has 0 spiro atoms. The first-order valence-corrected chi connectivity index (χ1v) is 8.89. The van der Waals surface area contributed by atoms with Crippen LogP contribution >= 0.6 is 27.5 Å². The molecule has 1 saturated heterocycles. The van der Waals surface area contributed by atoms with Crippen molar-refractivity contribution in [1.29, 1.82) is 0 Å². The number of halogens is 3. The van der Waals surface area contributed by atoms with E-state index in [1.807, 2.05) is 31.7 Å². The number of hydrogen-bond acceptors (Lipinski definition) is 4. The van der Waals surface area contributed by atoms with E-state index in [1.54, 1.807) is 0 Å². The Morgan fingerprint density at radius 2 is 2.09 bits per heavy atom. The number of aryl methyl sites for hydroxylation is 1. The summed E-state index contributed by atoms with van der Waals surface area (Å²) in [5.74, 6) is 0.145. The number of aromatic nitrogens is 2. The van der Waals surface area contributed by atoms with Gasteiger partial charge in [-0.2, -0.15) is 4.98 Å². The molecule has 0 aliphatic carbocycles. The third kappa shape index (κ3) is 3.75. The number of nitrogens with zero attached hydrogens (tertiary/aromatic N) is 3. The molecule has 1 fully saturated rings. The fraction of sp³-hybridized carbons (Fsp3) is 0.500. The lowest BCUT2D eigenvalue weighted by atomic mass is 10.1. The van der Waals surface area contributed by atoms with Crippen molar-refractivity contribution in [3.05, 3.63) is 27.2 Å². The molecule has 1 atom stereocenters. The van der Waals surface area contributed by atoms with E-state index >= 15 is 0 Å². The Bertz CT molecular complexity index is 714. The molecule has 23 heavy (non-hydrogen) atoms. The molecule has 0 amide bonds. The summed E-state index contributed by atoms with van der Waals surface area (Å²) in [4.78, 5) is 10.2. The minimum Gasteiger partial charge on any atom is -0.391 e. The highest BCUT2D eigenvalue weighted by atomic mass is 79.9. The van der Waals surface area contributed by atoms with Crippen molar-refractivity contribution in [2.45, 2.75) is 39.7 Å². The van der Waals surface area contributed by atoms with Gasteiger partial charge in [0.25, 0.3) is 0 Å². The minimum absolute atomic E-state index is 0.00668. The molecule has 1 aromatic heterocycles. The largest absolute Gasteiger partial charge is 0.391 e. The van der Waals surface area contributed by atoms with Crippen LogP contribution in [0.15, 0.2) is 10.5 Å². The summed E-state index contributed by atoms with van der Waals surface area (Å²) in [6.45, 7) is 7.05. The van der Waals surface area contributed by atoms with E-state index in [-0.39, 0.29) is 10.8 Å². The average Bonchev–Trinajstić information content (AvgIpc) is 2.55. The maximum absolute atomic E-state index is 14.4. The van der Waals surface area contributed by atoms with Crippen LogP contribution in [0.2, 0.25) is 5.28 Å². The molecule has 2 aromatic rings. The number of hydrogen-bond donors (Lipinski definition) is 1. The van der Waals surface area contributed by atoms with Crippen LogP contribution in [0.5, 0.6) is 0 Å². The van der Waals surface area contributed by atoms with E-state index in [9.17, 15) is 9.50 Å². The van der Waals surface area contributed by atoms with Crippen LogP contribution in [0.4, 0.5) is 10.2 Å². The summed E-state index contributed by atoms with van der Waals surface area (Å²) in [6, 6.07) is 1.84. The van der Waals surface area contributed by atoms with Gasteiger partial charge >= 0.3 is 0 Å². The monoisotopic (exact) mass is 403 g/mol. The van der Waals surface area contributed by atoms with E-state index in [4.69, 9.17) is 11.6 Å². The van der Waals surface area contributed by atoms with Gasteiger partial charge in [-0.05, 0) is 58.9 Å². The van der Waals surface area contributed by atoms with Crippen LogP contribution in [0.3, 0.4) is 0 Å². The maximum atomic E-state index is 14.4. The summed E-state index contributed by atoms with van der Waals surface area (Å²) < 4.78 is 14.8. The molecular weight excluding hydrogens is 385 g/mol. The number of fused-ring (bicyclic) bond motifs is 1. The van der Waals surface area contributed by atoms with Gasteiger partial charge < -0.3 is 10.0 Å². The molecular formula is C16H20BrClFN3O. The first-order valence-electron chi connectivity index (χ1n) is 7.72. The normalized spacial score (nSPS) is 17.9. The first kappa shape index (κ1) is 18.4. The number of benzene rings is 1. The Hall–Kier alpha value is -0.980. The van der Waals surface area contributed by atoms with E-state index < -0.39 is 11.9 Å². The quantitative estimate of drug-likeness (QED) is 0.712. The number of rotatable bonds is 1. The van der Waals surface area contributed by atoms with E-state index in [2.05, 4.69) is 25.9 Å². The standard InChI is InChI=1S/C14H14BrClFN3O.C2H6/c1-7-5-9-12(11(17)10(7)15)18-14(16)19-13(9)20-4-2-3-8(21)6-20;1-2/h5,8,21H,2-4,6H2,1H3;1-2H3. The van der Waals surface area contributed by atoms with Gasteiger partial charge in [-0.3, -0.25) is 0 Å². The molecule has 1 unspecified atom stereocenters. The fourth-order valence-electron chi connectivity index (χ4n) is 2.68. The summed E-state index contributed by atoms with van der Waals surface area (Å²) in [7, 11) is 0. The molecule has 3 rings (SSSR count). The predicted molar refractivity (Wildman–Crippen MR) is 95.7 cm³/mol. The molecule has 126 valence electrons. The van der Waals surface area contributed by atoms with Crippen molar-refractivity contribution >= 4 is 44.3 Å². The van der Waals surface area contributed by atoms with Crippen molar-refractivity contribution in [1.82, 2.24) is 9.97 Å². The van der Waals surface area contributed by atoms with Gasteiger partial charge in [0.15, 0.2) is 5.82 Å². The van der Waals surface area contributed by atoms with Crippen molar-refractivity contribution in [2.75, 3.05) is 18.0 Å². The lowest BCUT2D eigenvalue weighted by Crippen LogP contribution is -2.38. The van der Waals surface area contributed by atoms with Gasteiger partial charge in [0, 0.05) is 18.5 Å². The second-order valence-electron chi connectivity index (χ2n) is 5.28. The second-order valence-corrected chi connectivity index (χ2v) is 6.41. The van der Waals surface area contributed by atoms with Gasteiger partial charge in [0.2, 0.25) is 5.28 Å². The molecule has 4 nitrogen and oxygen atoms in total. The fourth-order valence-corrected chi connectivity index (χ4v) is 3.14. The van der Waals surface area contributed by atoms with Crippen LogP contribution in [0, 0.1) is 12.7 Å². The lowest BCUT2D eigenvalue weighted by Gasteiger charge is -2.31. The van der Waals surface area contributed by atoms with Gasteiger partial charge in [-0.15, -0.1) is 0 Å². The van der Waals surface area contributed by atoms with E-state index in [0.29, 0.717) is 22.2 Å². The van der Waals surface area contributed by atoms with E-state index in [0.717, 1.165) is 24.9 Å². The zero-order chi connectivity index (χ0) is 17.1. The first-order chi connectivity index (χ1) is 11.0. The summed E-state index contributed by atoms with van der Waals surface area (Å²) in [6.07, 6.45) is 1.23. The Labute approximate surface area is 148 Å². The topological polar surface area (TPSA) is 49.2 Å². The van der Waals surface area contributed by atoms with Crippen LogP contribution in [-0.2, 0) is 0 Å². The third-order valence-corrected chi connectivity index (χ3v) is 4.84. The van der Waals surface area contributed by atoms with Crippen molar-refractivity contribution < 1.29 is 9.50 Å². The Morgan fingerprint density at radius 3 is 2.74 bits per heavy atom. The lowest BCUT2D eigenvalue weighted by molar-refractivity contribution is 0.154. The second kappa shape index (κ2) is 7.73. The van der Waals surface area contributed by atoms with Crippen LogP contribution in [-0.4, -0.2) is 34.3 Å². The van der Waals surface area contributed by atoms with Crippen molar-refractivity contribution in [3.63, 3.8) is 0 Å². The molecule has 1 aliphatic rings. The van der Waals surface area contributed by atoms with Crippen LogP contribution in [0.1, 0.15) is 32.3 Å². The molecule has 0 radical (unpaired) electrons. The molecule has 0 saturated carbocycles. The average molecular weight is 405 g/mol. The van der Waals surface area contributed by atoms with Gasteiger partial charge in [-0.1, -0.05) is 13.8 Å². The number of piperidine rings is 1. The highest BCUT2D eigenvalue weighted by Gasteiger charge is 2.23. The van der Waals surface area contributed by atoms with Gasteiger partial charge in [0.1, 0.15) is 11.3 Å². The zero-order valence-electron chi connectivity index (χ0n) is 13.4. The molecule has 1 N–H and O–H groups in total. The summed E-state index contributed by atoms with van der Waals surface area (Å²) >= 11 is 9.17. The van der Waals surface area contributed by atoms with Crippen molar-refractivity contribution in [3.8, 4) is 0 Å². The summed E-state index contributed by atoms with van der Waals surface area (Å²) in [5, 5.41) is 10.5. The number of aliphatic hydroxyl groups excluding tert-OH is 1. The Kier molecular flexibility index (Phi) is 6.17. The maximum Gasteiger partial charge on any atom is 0.225 e. The third-order valence-electron chi connectivity index (χ3n) is 3.70.